The molecule has 13 rings (SSSR count). The first kappa shape index (κ1) is 38.4. The SMILES string of the molecule is CC1(C)c2ccccc2-c2ccc(N(c3ccc4c(c3)oc3c(-c5ccc(C6(c7ccccc7)c7ccccc7-c7cc(F)c(F)cc76)cc5)cccc34)c3cccc4ccccc34)cc21. The molecule has 1 atom stereocenters. The van der Waals surface area contributed by atoms with Gasteiger partial charge in [0.2, 0.25) is 0 Å². The summed E-state index contributed by atoms with van der Waals surface area (Å²) in [6, 6.07) is 73.2. The fourth-order valence-electron chi connectivity index (χ4n) is 11.5. The average Bonchev–Trinajstić information content (AvgIpc) is 3.95. The minimum Gasteiger partial charge on any atom is -0.455 e. The number of hydrogen-bond acceptors (Lipinski definition) is 2. The molecule has 11 aromatic rings. The van der Waals surface area contributed by atoms with Crippen molar-refractivity contribution in [3.05, 3.63) is 257 Å². The van der Waals surface area contributed by atoms with E-state index in [2.05, 4.69) is 183 Å². The third-order valence-corrected chi connectivity index (χ3v) is 14.5. The first-order valence-electron chi connectivity index (χ1n) is 22.5. The molecule has 66 heavy (non-hydrogen) atoms. The summed E-state index contributed by atoms with van der Waals surface area (Å²) in [5.41, 5.74) is 16.2. The van der Waals surface area contributed by atoms with Gasteiger partial charge in [0.25, 0.3) is 0 Å². The second-order valence-electron chi connectivity index (χ2n) is 18.2. The van der Waals surface area contributed by atoms with Crippen LogP contribution in [0, 0.1) is 11.6 Å². The van der Waals surface area contributed by atoms with Crippen molar-refractivity contribution in [3.63, 3.8) is 0 Å². The van der Waals surface area contributed by atoms with Gasteiger partial charge in [-0.3, -0.25) is 0 Å². The Morgan fingerprint density at radius 1 is 0.409 bits per heavy atom. The third kappa shape index (κ3) is 5.39. The predicted molar refractivity (Wildman–Crippen MR) is 266 cm³/mol. The van der Waals surface area contributed by atoms with Crippen LogP contribution in [0.3, 0.4) is 0 Å². The van der Waals surface area contributed by atoms with E-state index in [1.807, 2.05) is 36.4 Å². The fraction of sp³-hybridized carbons (Fsp3) is 0.0645. The van der Waals surface area contributed by atoms with E-state index in [0.717, 1.165) is 83.3 Å². The lowest BCUT2D eigenvalue weighted by Gasteiger charge is -2.34. The summed E-state index contributed by atoms with van der Waals surface area (Å²) in [6.45, 7) is 4.65. The molecule has 0 saturated heterocycles. The maximum absolute atomic E-state index is 15.3. The van der Waals surface area contributed by atoms with Crippen LogP contribution in [0.2, 0.25) is 0 Å². The molecular formula is C62H41F2NO. The lowest BCUT2D eigenvalue weighted by molar-refractivity contribution is 0.506. The molecule has 314 valence electrons. The van der Waals surface area contributed by atoms with Crippen LogP contribution in [0.1, 0.15) is 47.2 Å². The largest absolute Gasteiger partial charge is 0.455 e. The molecule has 0 saturated carbocycles. The first-order chi connectivity index (χ1) is 32.3. The Bertz CT molecular complexity index is 3770. The molecule has 4 heteroatoms. The average molecular weight is 854 g/mol. The van der Waals surface area contributed by atoms with Crippen molar-refractivity contribution in [1.29, 1.82) is 0 Å². The summed E-state index contributed by atoms with van der Waals surface area (Å²) in [7, 11) is 0. The van der Waals surface area contributed by atoms with Crippen molar-refractivity contribution in [3.8, 4) is 33.4 Å². The molecule has 10 aromatic carbocycles. The number of benzene rings is 10. The van der Waals surface area contributed by atoms with Gasteiger partial charge in [0.15, 0.2) is 11.6 Å². The molecule has 0 bridgehead atoms. The van der Waals surface area contributed by atoms with Gasteiger partial charge in [-0.05, 0) is 109 Å². The van der Waals surface area contributed by atoms with E-state index in [9.17, 15) is 4.39 Å². The number of para-hydroxylation sites is 1. The quantitative estimate of drug-likeness (QED) is 0.166. The fourth-order valence-corrected chi connectivity index (χ4v) is 11.5. The molecule has 1 aromatic heterocycles. The molecule has 2 aliphatic carbocycles. The molecule has 0 N–H and O–H groups in total. The van der Waals surface area contributed by atoms with E-state index in [4.69, 9.17) is 4.42 Å². The van der Waals surface area contributed by atoms with Crippen LogP contribution in [0.25, 0.3) is 66.1 Å². The van der Waals surface area contributed by atoms with Gasteiger partial charge < -0.3 is 9.32 Å². The number of rotatable bonds is 6. The van der Waals surface area contributed by atoms with Crippen LogP contribution in [-0.2, 0) is 10.8 Å². The van der Waals surface area contributed by atoms with Crippen molar-refractivity contribution in [1.82, 2.24) is 0 Å². The molecular weight excluding hydrogens is 813 g/mol. The predicted octanol–water partition coefficient (Wildman–Crippen LogP) is 16.8. The Labute approximate surface area is 381 Å². The molecule has 2 aliphatic rings. The Hall–Kier alpha value is -8.08. The smallest absolute Gasteiger partial charge is 0.159 e. The number of nitrogens with zero attached hydrogens (tertiary/aromatic N) is 1. The van der Waals surface area contributed by atoms with Gasteiger partial charge in [-0.1, -0.05) is 178 Å². The van der Waals surface area contributed by atoms with Crippen molar-refractivity contribution >= 4 is 49.8 Å². The molecule has 0 aliphatic heterocycles. The van der Waals surface area contributed by atoms with Gasteiger partial charge in [-0.15, -0.1) is 0 Å². The number of furan rings is 1. The van der Waals surface area contributed by atoms with E-state index < -0.39 is 17.0 Å². The molecule has 0 spiro atoms. The summed E-state index contributed by atoms with van der Waals surface area (Å²) < 4.78 is 37.3. The second-order valence-corrected chi connectivity index (χ2v) is 18.2. The maximum atomic E-state index is 15.3. The molecule has 1 unspecified atom stereocenters. The Balaban J connectivity index is 0.951. The maximum Gasteiger partial charge on any atom is 0.159 e. The number of fused-ring (bicyclic) bond motifs is 10. The van der Waals surface area contributed by atoms with Crippen LogP contribution in [0.5, 0.6) is 0 Å². The minimum atomic E-state index is -0.865. The van der Waals surface area contributed by atoms with Crippen molar-refractivity contribution < 1.29 is 13.2 Å². The van der Waals surface area contributed by atoms with Crippen LogP contribution < -0.4 is 4.90 Å². The summed E-state index contributed by atoms with van der Waals surface area (Å²) in [4.78, 5) is 2.37. The number of anilines is 3. The Kier molecular flexibility index (Phi) is 8.26. The standard InChI is InChI=1S/C62H41F2NO/c1-61(2)52-23-10-8-19-46(52)48-32-30-42(34-54(48)61)65(58-25-12-15-38-14-6-7-18-44(38)58)43-31-33-49-50-22-13-21-45(60(50)66-59(49)35-43)39-26-28-41(29-27-39)62(40-16-4-3-5-17-40)53-24-11-9-20-47(53)51-36-56(63)57(64)37-55(51)62/h3-37H,1-2H3. The lowest BCUT2D eigenvalue weighted by atomic mass is 9.67. The zero-order valence-electron chi connectivity index (χ0n) is 36.3. The first-order valence-corrected chi connectivity index (χ1v) is 22.5. The highest BCUT2D eigenvalue weighted by atomic mass is 19.2. The zero-order chi connectivity index (χ0) is 44.3. The van der Waals surface area contributed by atoms with E-state index in [-0.39, 0.29) is 5.41 Å². The monoisotopic (exact) mass is 853 g/mol. The summed E-state index contributed by atoms with van der Waals surface area (Å²) in [5.74, 6) is -1.71. The van der Waals surface area contributed by atoms with Crippen LogP contribution in [-0.4, -0.2) is 0 Å². The van der Waals surface area contributed by atoms with Crippen molar-refractivity contribution in [2.75, 3.05) is 4.90 Å². The van der Waals surface area contributed by atoms with Gasteiger partial charge in [0, 0.05) is 44.6 Å². The van der Waals surface area contributed by atoms with Gasteiger partial charge in [-0.25, -0.2) is 8.78 Å². The molecule has 2 nitrogen and oxygen atoms in total. The van der Waals surface area contributed by atoms with Gasteiger partial charge in [0.1, 0.15) is 11.2 Å². The summed E-state index contributed by atoms with van der Waals surface area (Å²) >= 11 is 0. The topological polar surface area (TPSA) is 16.4 Å². The summed E-state index contributed by atoms with van der Waals surface area (Å²) in [5, 5.41) is 4.40. The highest BCUT2D eigenvalue weighted by Crippen LogP contribution is 2.57. The number of hydrogen-bond donors (Lipinski definition) is 0. The van der Waals surface area contributed by atoms with Crippen LogP contribution >= 0.6 is 0 Å². The van der Waals surface area contributed by atoms with Gasteiger partial charge >= 0.3 is 0 Å². The van der Waals surface area contributed by atoms with Crippen molar-refractivity contribution in [2.24, 2.45) is 0 Å². The normalized spacial score (nSPS) is 15.5. The Morgan fingerprint density at radius 2 is 1.02 bits per heavy atom. The second kappa shape index (κ2) is 14.2. The van der Waals surface area contributed by atoms with Crippen molar-refractivity contribution in [2.45, 2.75) is 24.7 Å². The van der Waals surface area contributed by atoms with Crippen LogP contribution in [0.4, 0.5) is 25.8 Å². The summed E-state index contributed by atoms with van der Waals surface area (Å²) in [6.07, 6.45) is 0. The third-order valence-electron chi connectivity index (χ3n) is 14.5. The van der Waals surface area contributed by atoms with E-state index in [1.165, 1.54) is 39.8 Å². The van der Waals surface area contributed by atoms with Gasteiger partial charge in [0.05, 0.1) is 11.1 Å². The van der Waals surface area contributed by atoms with E-state index in [1.54, 1.807) is 0 Å². The Morgan fingerprint density at radius 3 is 1.85 bits per heavy atom. The molecule has 1 heterocycles. The van der Waals surface area contributed by atoms with Gasteiger partial charge in [-0.2, -0.15) is 0 Å². The highest BCUT2D eigenvalue weighted by molar-refractivity contribution is 6.11. The lowest BCUT2D eigenvalue weighted by Crippen LogP contribution is -2.28. The minimum absolute atomic E-state index is 0.158. The molecule has 0 fully saturated rings. The molecule has 0 amide bonds. The van der Waals surface area contributed by atoms with E-state index >= 15 is 4.39 Å². The highest BCUT2D eigenvalue weighted by Gasteiger charge is 2.47. The molecule has 0 radical (unpaired) electrons. The zero-order valence-corrected chi connectivity index (χ0v) is 36.3. The number of halogens is 2. The van der Waals surface area contributed by atoms with E-state index in [0.29, 0.717) is 5.56 Å². The van der Waals surface area contributed by atoms with Crippen LogP contribution in [0.15, 0.2) is 217 Å².